The number of anilines is 1. The van der Waals surface area contributed by atoms with Crippen LogP contribution in [-0.4, -0.2) is 19.0 Å². The average molecular weight is 238 g/mol. The molecule has 0 radical (unpaired) electrons. The lowest BCUT2D eigenvalue weighted by atomic mass is 10.2. The van der Waals surface area contributed by atoms with Crippen LogP contribution in [0.5, 0.6) is 0 Å². The lowest BCUT2D eigenvalue weighted by molar-refractivity contribution is -0.119. The maximum Gasteiger partial charge on any atom is 0.239 e. The minimum absolute atomic E-state index is 0.0700. The summed E-state index contributed by atoms with van der Waals surface area (Å²) >= 11 is 0. The summed E-state index contributed by atoms with van der Waals surface area (Å²) < 4.78 is 13.2. The van der Waals surface area contributed by atoms with Crippen LogP contribution < -0.4 is 10.6 Å². The van der Waals surface area contributed by atoms with Crippen LogP contribution in [0.15, 0.2) is 18.2 Å². The molecule has 4 heteroatoms. The summed E-state index contributed by atoms with van der Waals surface area (Å²) in [6.07, 6.45) is 2.03. The molecule has 1 aromatic carbocycles. The Balaban J connectivity index is 2.34. The first-order chi connectivity index (χ1) is 8.13. The Morgan fingerprint density at radius 2 is 2.18 bits per heavy atom. The van der Waals surface area contributed by atoms with Crippen LogP contribution in [0.4, 0.5) is 10.1 Å². The maximum atomic E-state index is 13.2. The molecule has 1 amide bonds. The minimum Gasteiger partial charge on any atom is -0.376 e. The largest absolute Gasteiger partial charge is 0.376 e. The van der Waals surface area contributed by atoms with Crippen LogP contribution in [0.3, 0.4) is 0 Å². The van der Waals surface area contributed by atoms with Crippen LogP contribution in [0.1, 0.15) is 25.3 Å². The van der Waals surface area contributed by atoms with Crippen molar-refractivity contribution in [2.24, 2.45) is 0 Å². The highest BCUT2D eigenvalue weighted by Gasteiger charge is 2.02. The molecule has 0 saturated heterocycles. The zero-order valence-electron chi connectivity index (χ0n) is 10.3. The Morgan fingerprint density at radius 3 is 2.82 bits per heavy atom. The van der Waals surface area contributed by atoms with E-state index in [0.717, 1.165) is 12.8 Å². The number of hydrogen-bond acceptors (Lipinski definition) is 2. The molecule has 0 aliphatic heterocycles. The molecule has 0 spiro atoms. The lowest BCUT2D eigenvalue weighted by Crippen LogP contribution is -2.30. The van der Waals surface area contributed by atoms with Crippen molar-refractivity contribution in [2.45, 2.75) is 26.7 Å². The van der Waals surface area contributed by atoms with Gasteiger partial charge < -0.3 is 10.6 Å². The number of carbonyl (C=O) groups is 1. The summed E-state index contributed by atoms with van der Waals surface area (Å²) in [7, 11) is 0. The van der Waals surface area contributed by atoms with Gasteiger partial charge in [-0.25, -0.2) is 4.39 Å². The minimum atomic E-state index is -0.263. The number of benzene rings is 1. The van der Waals surface area contributed by atoms with Crippen molar-refractivity contribution in [2.75, 3.05) is 18.4 Å². The Morgan fingerprint density at radius 1 is 1.41 bits per heavy atom. The summed E-state index contributed by atoms with van der Waals surface area (Å²) in [5.41, 5.74) is 1.22. The third kappa shape index (κ3) is 4.85. The van der Waals surface area contributed by atoms with E-state index in [0.29, 0.717) is 17.8 Å². The van der Waals surface area contributed by atoms with E-state index in [9.17, 15) is 9.18 Å². The molecule has 3 nitrogen and oxygen atoms in total. The Labute approximate surface area is 101 Å². The second kappa shape index (κ2) is 6.89. The molecule has 1 rings (SSSR count). The quantitative estimate of drug-likeness (QED) is 0.747. The van der Waals surface area contributed by atoms with E-state index in [2.05, 4.69) is 17.6 Å². The van der Waals surface area contributed by atoms with Crippen molar-refractivity contribution in [1.29, 1.82) is 0 Å². The molecule has 0 aliphatic rings. The van der Waals surface area contributed by atoms with E-state index in [1.165, 1.54) is 6.07 Å². The van der Waals surface area contributed by atoms with E-state index in [4.69, 9.17) is 0 Å². The fraction of sp³-hybridized carbons (Fsp3) is 0.462. The summed E-state index contributed by atoms with van der Waals surface area (Å²) in [4.78, 5) is 11.4. The van der Waals surface area contributed by atoms with Gasteiger partial charge in [-0.3, -0.25) is 4.79 Å². The Bertz CT molecular complexity index is 380. The van der Waals surface area contributed by atoms with Crippen LogP contribution in [0.25, 0.3) is 0 Å². The molecule has 0 heterocycles. The zero-order chi connectivity index (χ0) is 12.7. The first-order valence-corrected chi connectivity index (χ1v) is 5.90. The lowest BCUT2D eigenvalue weighted by Gasteiger charge is -2.08. The van der Waals surface area contributed by atoms with Crippen LogP contribution in [0.2, 0.25) is 0 Å². The van der Waals surface area contributed by atoms with Crippen molar-refractivity contribution < 1.29 is 9.18 Å². The van der Waals surface area contributed by atoms with Gasteiger partial charge in [-0.15, -0.1) is 0 Å². The molecule has 2 N–H and O–H groups in total. The van der Waals surface area contributed by atoms with Gasteiger partial charge in [0.15, 0.2) is 0 Å². The third-order valence-electron chi connectivity index (χ3n) is 2.48. The van der Waals surface area contributed by atoms with Gasteiger partial charge in [0.1, 0.15) is 5.82 Å². The topological polar surface area (TPSA) is 41.1 Å². The van der Waals surface area contributed by atoms with Gasteiger partial charge in [0.05, 0.1) is 6.54 Å². The molecule has 0 atom stereocenters. The van der Waals surface area contributed by atoms with Crippen molar-refractivity contribution in [3.8, 4) is 0 Å². The fourth-order valence-corrected chi connectivity index (χ4v) is 1.35. The number of rotatable bonds is 6. The van der Waals surface area contributed by atoms with Gasteiger partial charge in [-0.05, 0) is 31.0 Å². The zero-order valence-corrected chi connectivity index (χ0v) is 10.3. The highest BCUT2D eigenvalue weighted by atomic mass is 19.1. The number of nitrogens with one attached hydrogen (secondary N) is 2. The van der Waals surface area contributed by atoms with Crippen molar-refractivity contribution in [1.82, 2.24) is 5.32 Å². The van der Waals surface area contributed by atoms with Crippen LogP contribution >= 0.6 is 0 Å². The van der Waals surface area contributed by atoms with Gasteiger partial charge in [0.25, 0.3) is 0 Å². The van der Waals surface area contributed by atoms with E-state index >= 15 is 0 Å². The van der Waals surface area contributed by atoms with Gasteiger partial charge in [-0.1, -0.05) is 19.4 Å². The normalized spacial score (nSPS) is 10.1. The maximum absolute atomic E-state index is 13.2. The third-order valence-corrected chi connectivity index (χ3v) is 2.48. The van der Waals surface area contributed by atoms with Crippen molar-refractivity contribution in [3.05, 3.63) is 29.6 Å². The molecular formula is C13H19FN2O. The number of carbonyl (C=O) groups excluding carboxylic acids is 1. The van der Waals surface area contributed by atoms with Crippen LogP contribution in [-0.2, 0) is 4.79 Å². The molecule has 17 heavy (non-hydrogen) atoms. The molecular weight excluding hydrogens is 219 g/mol. The highest BCUT2D eigenvalue weighted by Crippen LogP contribution is 2.12. The van der Waals surface area contributed by atoms with Gasteiger partial charge >= 0.3 is 0 Å². The SMILES string of the molecule is CCCCNC(=O)CNc1ccc(C)c(F)c1. The number of amides is 1. The molecule has 0 aliphatic carbocycles. The number of unbranched alkanes of at least 4 members (excludes halogenated alkanes) is 1. The number of halogens is 1. The van der Waals surface area contributed by atoms with Gasteiger partial charge in [0, 0.05) is 12.2 Å². The Kier molecular flexibility index (Phi) is 5.46. The number of aryl methyl sites for hydroxylation is 1. The molecule has 0 saturated carbocycles. The van der Waals surface area contributed by atoms with Crippen molar-refractivity contribution in [3.63, 3.8) is 0 Å². The summed E-state index contributed by atoms with van der Waals surface area (Å²) in [5.74, 6) is -0.333. The van der Waals surface area contributed by atoms with Gasteiger partial charge in [0.2, 0.25) is 5.91 Å². The molecule has 0 fully saturated rings. The first-order valence-electron chi connectivity index (χ1n) is 5.90. The molecule has 1 aromatic rings. The smallest absolute Gasteiger partial charge is 0.239 e. The fourth-order valence-electron chi connectivity index (χ4n) is 1.35. The molecule has 94 valence electrons. The molecule has 0 unspecified atom stereocenters. The molecule has 0 bridgehead atoms. The van der Waals surface area contributed by atoms with E-state index in [1.807, 2.05) is 0 Å². The standard InChI is InChI=1S/C13H19FN2O/c1-3-4-7-15-13(17)9-16-11-6-5-10(2)12(14)8-11/h5-6,8,16H,3-4,7,9H2,1-2H3,(H,15,17). The highest BCUT2D eigenvalue weighted by molar-refractivity contribution is 5.80. The van der Waals surface area contributed by atoms with Gasteiger partial charge in [-0.2, -0.15) is 0 Å². The monoisotopic (exact) mass is 238 g/mol. The Hall–Kier alpha value is -1.58. The summed E-state index contributed by atoms with van der Waals surface area (Å²) in [6, 6.07) is 4.85. The predicted octanol–water partition coefficient (Wildman–Crippen LogP) is 2.46. The predicted molar refractivity (Wildman–Crippen MR) is 67.5 cm³/mol. The van der Waals surface area contributed by atoms with E-state index < -0.39 is 0 Å². The second-order valence-corrected chi connectivity index (χ2v) is 4.02. The second-order valence-electron chi connectivity index (χ2n) is 4.02. The first kappa shape index (κ1) is 13.5. The average Bonchev–Trinajstić information content (AvgIpc) is 2.31. The summed E-state index contributed by atoms with van der Waals surface area (Å²) in [6.45, 7) is 4.64. The molecule has 0 aromatic heterocycles. The van der Waals surface area contributed by atoms with Crippen molar-refractivity contribution >= 4 is 11.6 Å². The van der Waals surface area contributed by atoms with E-state index in [1.54, 1.807) is 19.1 Å². The number of hydrogen-bond donors (Lipinski definition) is 2. The summed E-state index contributed by atoms with van der Waals surface area (Å²) in [5, 5.41) is 5.67. The van der Waals surface area contributed by atoms with E-state index in [-0.39, 0.29) is 18.3 Å². The van der Waals surface area contributed by atoms with Crippen LogP contribution in [0, 0.1) is 12.7 Å².